The van der Waals surface area contributed by atoms with Gasteiger partial charge in [0.25, 0.3) is 0 Å². The second-order valence-electron chi connectivity index (χ2n) is 4.70. The molecule has 86 valence electrons. The van der Waals surface area contributed by atoms with Gasteiger partial charge in [-0.2, -0.15) is 0 Å². The van der Waals surface area contributed by atoms with Crippen molar-refractivity contribution in [2.24, 2.45) is 0 Å². The Morgan fingerprint density at radius 3 is 2.40 bits per heavy atom. The summed E-state index contributed by atoms with van der Waals surface area (Å²) in [6.07, 6.45) is 8.02. The van der Waals surface area contributed by atoms with E-state index < -0.39 is 0 Å². The zero-order valence-electron chi connectivity index (χ0n) is 9.41. The van der Waals surface area contributed by atoms with Crippen LogP contribution < -0.4 is 0 Å². The number of esters is 1. The molecule has 2 rings (SSSR count). The standard InChI is InChI=1S/C12H21NO2/c14-12(7-8-13-9-10-13)15-11-5-3-1-2-4-6-11/h11H,1-10H2. The highest BCUT2D eigenvalue weighted by Gasteiger charge is 2.20. The Bertz CT molecular complexity index is 206. The predicted molar refractivity (Wildman–Crippen MR) is 58.6 cm³/mol. The van der Waals surface area contributed by atoms with Crippen LogP contribution in [-0.2, 0) is 9.53 Å². The van der Waals surface area contributed by atoms with Crippen LogP contribution in [0.2, 0.25) is 0 Å². The Hall–Kier alpha value is -0.570. The molecular weight excluding hydrogens is 190 g/mol. The van der Waals surface area contributed by atoms with Crippen molar-refractivity contribution in [3.63, 3.8) is 0 Å². The van der Waals surface area contributed by atoms with Crippen LogP contribution in [0.3, 0.4) is 0 Å². The topological polar surface area (TPSA) is 29.3 Å². The van der Waals surface area contributed by atoms with Gasteiger partial charge in [-0.1, -0.05) is 12.8 Å². The molecule has 3 nitrogen and oxygen atoms in total. The summed E-state index contributed by atoms with van der Waals surface area (Å²) in [5, 5.41) is 0. The van der Waals surface area contributed by atoms with Gasteiger partial charge >= 0.3 is 5.97 Å². The van der Waals surface area contributed by atoms with E-state index in [4.69, 9.17) is 4.74 Å². The van der Waals surface area contributed by atoms with Gasteiger partial charge in [0.05, 0.1) is 6.42 Å². The minimum Gasteiger partial charge on any atom is -0.462 e. The maximum Gasteiger partial charge on any atom is 0.307 e. The first-order valence-electron chi connectivity index (χ1n) is 6.26. The summed E-state index contributed by atoms with van der Waals surface area (Å²) in [7, 11) is 0. The first-order chi connectivity index (χ1) is 7.34. The SMILES string of the molecule is O=C(CCN1CC1)OC1CCCCCC1. The van der Waals surface area contributed by atoms with E-state index in [1.165, 1.54) is 25.7 Å². The van der Waals surface area contributed by atoms with Gasteiger partial charge in [0.1, 0.15) is 6.10 Å². The molecule has 0 radical (unpaired) electrons. The summed E-state index contributed by atoms with van der Waals surface area (Å²) in [4.78, 5) is 13.8. The average Bonchev–Trinajstić information content (AvgIpc) is 3.03. The molecule has 3 heteroatoms. The molecule has 2 aliphatic rings. The van der Waals surface area contributed by atoms with Crippen molar-refractivity contribution in [2.75, 3.05) is 19.6 Å². The number of carbonyl (C=O) groups is 1. The maximum absolute atomic E-state index is 11.5. The summed E-state index contributed by atoms with van der Waals surface area (Å²) in [6.45, 7) is 3.22. The number of carbonyl (C=O) groups excluding carboxylic acids is 1. The molecule has 0 aromatic heterocycles. The molecule has 0 amide bonds. The molecule has 0 spiro atoms. The number of rotatable bonds is 4. The van der Waals surface area contributed by atoms with Crippen molar-refractivity contribution in [3.05, 3.63) is 0 Å². The van der Waals surface area contributed by atoms with Crippen LogP contribution in [0.5, 0.6) is 0 Å². The van der Waals surface area contributed by atoms with Crippen LogP contribution >= 0.6 is 0 Å². The zero-order valence-corrected chi connectivity index (χ0v) is 9.41. The molecule has 2 fully saturated rings. The Labute approximate surface area is 91.8 Å². The lowest BCUT2D eigenvalue weighted by molar-refractivity contribution is -0.149. The number of hydrogen-bond donors (Lipinski definition) is 0. The van der Waals surface area contributed by atoms with E-state index in [9.17, 15) is 4.79 Å². The van der Waals surface area contributed by atoms with Gasteiger partial charge < -0.3 is 9.64 Å². The van der Waals surface area contributed by atoms with Crippen LogP contribution in [-0.4, -0.2) is 36.6 Å². The Morgan fingerprint density at radius 1 is 1.13 bits per heavy atom. The molecule has 1 aliphatic heterocycles. The van der Waals surface area contributed by atoms with Gasteiger partial charge in [-0.3, -0.25) is 4.79 Å². The summed E-state index contributed by atoms with van der Waals surface area (Å²) in [5.74, 6) is 0.00815. The van der Waals surface area contributed by atoms with E-state index in [0.717, 1.165) is 32.5 Å². The molecule has 1 saturated heterocycles. The molecule has 0 unspecified atom stereocenters. The average molecular weight is 211 g/mol. The quantitative estimate of drug-likeness (QED) is 0.404. The highest BCUT2D eigenvalue weighted by Crippen LogP contribution is 2.20. The molecule has 0 atom stereocenters. The van der Waals surface area contributed by atoms with E-state index >= 15 is 0 Å². The Kier molecular flexibility index (Phi) is 4.01. The summed E-state index contributed by atoms with van der Waals surface area (Å²) < 4.78 is 5.48. The summed E-state index contributed by atoms with van der Waals surface area (Å²) in [6, 6.07) is 0. The first-order valence-corrected chi connectivity index (χ1v) is 6.26. The summed E-state index contributed by atoms with van der Waals surface area (Å²) in [5.41, 5.74) is 0. The molecule has 1 saturated carbocycles. The van der Waals surface area contributed by atoms with Crippen molar-refractivity contribution in [3.8, 4) is 0 Å². The van der Waals surface area contributed by atoms with Crippen LogP contribution in [0.15, 0.2) is 0 Å². The third kappa shape index (κ3) is 4.20. The lowest BCUT2D eigenvalue weighted by Crippen LogP contribution is -2.19. The van der Waals surface area contributed by atoms with E-state index in [2.05, 4.69) is 4.90 Å². The second-order valence-corrected chi connectivity index (χ2v) is 4.70. The minimum atomic E-state index is 0.00815. The number of nitrogens with zero attached hydrogens (tertiary/aromatic N) is 1. The van der Waals surface area contributed by atoms with E-state index in [0.29, 0.717) is 6.42 Å². The van der Waals surface area contributed by atoms with Gasteiger partial charge in [-0.05, 0) is 25.7 Å². The van der Waals surface area contributed by atoms with Crippen molar-refractivity contribution in [2.45, 2.75) is 51.0 Å². The predicted octanol–water partition coefficient (Wildman–Crippen LogP) is 1.96. The molecule has 1 aliphatic carbocycles. The van der Waals surface area contributed by atoms with Gasteiger partial charge in [-0.15, -0.1) is 0 Å². The first kappa shape index (κ1) is 10.9. The van der Waals surface area contributed by atoms with Gasteiger partial charge in [0.2, 0.25) is 0 Å². The molecule has 1 heterocycles. The van der Waals surface area contributed by atoms with Crippen LogP contribution in [0, 0.1) is 0 Å². The monoisotopic (exact) mass is 211 g/mol. The number of ether oxygens (including phenoxy) is 1. The fourth-order valence-corrected chi connectivity index (χ4v) is 2.15. The number of hydrogen-bond acceptors (Lipinski definition) is 3. The van der Waals surface area contributed by atoms with Gasteiger partial charge in [0.15, 0.2) is 0 Å². The molecule has 0 aromatic carbocycles. The third-order valence-corrected chi connectivity index (χ3v) is 3.27. The van der Waals surface area contributed by atoms with Crippen molar-refractivity contribution in [1.82, 2.24) is 4.90 Å². The van der Waals surface area contributed by atoms with Crippen molar-refractivity contribution >= 4 is 5.97 Å². The molecule has 0 bridgehead atoms. The minimum absolute atomic E-state index is 0.00815. The normalized spacial score (nSPS) is 23.5. The zero-order chi connectivity index (χ0) is 10.5. The second kappa shape index (κ2) is 5.50. The van der Waals surface area contributed by atoms with Crippen molar-refractivity contribution in [1.29, 1.82) is 0 Å². The van der Waals surface area contributed by atoms with Gasteiger partial charge in [0, 0.05) is 19.6 Å². The lowest BCUT2D eigenvalue weighted by Gasteiger charge is -2.15. The molecular formula is C12H21NO2. The lowest BCUT2D eigenvalue weighted by atomic mass is 10.1. The fraction of sp³-hybridized carbons (Fsp3) is 0.917. The molecule has 15 heavy (non-hydrogen) atoms. The Morgan fingerprint density at radius 2 is 1.80 bits per heavy atom. The third-order valence-electron chi connectivity index (χ3n) is 3.27. The molecule has 0 N–H and O–H groups in total. The fourth-order valence-electron chi connectivity index (χ4n) is 2.15. The maximum atomic E-state index is 11.5. The van der Waals surface area contributed by atoms with Crippen LogP contribution in [0.4, 0.5) is 0 Å². The van der Waals surface area contributed by atoms with E-state index in [1.807, 2.05) is 0 Å². The van der Waals surface area contributed by atoms with Crippen LogP contribution in [0.1, 0.15) is 44.9 Å². The Balaban J connectivity index is 1.62. The highest BCUT2D eigenvalue weighted by atomic mass is 16.5. The molecule has 0 aromatic rings. The summed E-state index contributed by atoms with van der Waals surface area (Å²) >= 11 is 0. The van der Waals surface area contributed by atoms with E-state index in [1.54, 1.807) is 0 Å². The van der Waals surface area contributed by atoms with Gasteiger partial charge in [-0.25, -0.2) is 0 Å². The van der Waals surface area contributed by atoms with E-state index in [-0.39, 0.29) is 12.1 Å². The van der Waals surface area contributed by atoms with Crippen LogP contribution in [0.25, 0.3) is 0 Å². The largest absolute Gasteiger partial charge is 0.462 e. The highest BCUT2D eigenvalue weighted by molar-refractivity contribution is 5.69. The smallest absolute Gasteiger partial charge is 0.307 e. The van der Waals surface area contributed by atoms with Crippen molar-refractivity contribution < 1.29 is 9.53 Å².